The fraction of sp³-hybridized carbons (Fsp3) is 0.611. The van der Waals surface area contributed by atoms with Crippen LogP contribution in [0.3, 0.4) is 0 Å². The first-order chi connectivity index (χ1) is 12.4. The lowest BCUT2D eigenvalue weighted by molar-refractivity contribution is -0.121. The smallest absolute Gasteiger partial charge is 0.243 e. The van der Waals surface area contributed by atoms with E-state index >= 15 is 0 Å². The van der Waals surface area contributed by atoms with Gasteiger partial charge in [0.1, 0.15) is 17.5 Å². The second kappa shape index (κ2) is 9.54. The summed E-state index contributed by atoms with van der Waals surface area (Å²) in [5.41, 5.74) is 0.256. The van der Waals surface area contributed by atoms with E-state index in [0.29, 0.717) is 18.0 Å². The van der Waals surface area contributed by atoms with Gasteiger partial charge >= 0.3 is 0 Å². The molecule has 0 heterocycles. The summed E-state index contributed by atoms with van der Waals surface area (Å²) in [5, 5.41) is 2.81. The molecule has 1 aromatic rings. The van der Waals surface area contributed by atoms with Gasteiger partial charge < -0.3 is 14.8 Å². The van der Waals surface area contributed by atoms with Crippen molar-refractivity contribution in [1.29, 1.82) is 0 Å². The van der Waals surface area contributed by atoms with Crippen molar-refractivity contribution in [3.8, 4) is 11.5 Å². The number of rotatable bonds is 9. The van der Waals surface area contributed by atoms with Gasteiger partial charge in [-0.25, -0.2) is 8.42 Å². The second-order valence-corrected chi connectivity index (χ2v) is 10.8. The minimum Gasteiger partial charge on any atom is -0.497 e. The average molecular weight is 419 g/mol. The number of carbonyl (C=O) groups is 1. The zero-order valence-corrected chi connectivity index (χ0v) is 18.7. The number of thioether (sulfide) groups is 1. The SMILES string of the molecule is COc1ccc(OC)c(N([C@H](C)C(=O)NCCSC(C)(C)C)S(C)(=O)=O)c1. The lowest BCUT2D eigenvalue weighted by Crippen LogP contribution is -2.48. The molecular formula is C18H30N2O5S2. The Labute approximate surface area is 166 Å². The van der Waals surface area contributed by atoms with E-state index < -0.39 is 16.1 Å². The molecule has 0 saturated carbocycles. The number of sulfonamides is 1. The Hall–Kier alpha value is -1.61. The van der Waals surface area contributed by atoms with Crippen LogP contribution in [-0.2, 0) is 14.8 Å². The average Bonchev–Trinajstić information content (AvgIpc) is 2.56. The van der Waals surface area contributed by atoms with Crippen LogP contribution >= 0.6 is 11.8 Å². The number of benzene rings is 1. The summed E-state index contributed by atoms with van der Waals surface area (Å²) < 4.78 is 36.5. The normalized spacial score (nSPS) is 13.0. The van der Waals surface area contributed by atoms with E-state index in [-0.39, 0.29) is 16.3 Å². The minimum absolute atomic E-state index is 0.100. The Kier molecular flexibility index (Phi) is 8.28. The fourth-order valence-electron chi connectivity index (χ4n) is 2.43. The van der Waals surface area contributed by atoms with Gasteiger partial charge in [-0.2, -0.15) is 11.8 Å². The molecule has 0 spiro atoms. The van der Waals surface area contributed by atoms with Crippen LogP contribution in [0.15, 0.2) is 18.2 Å². The molecule has 154 valence electrons. The van der Waals surface area contributed by atoms with Crippen LogP contribution in [0, 0.1) is 0 Å². The number of ether oxygens (including phenoxy) is 2. The molecule has 27 heavy (non-hydrogen) atoms. The minimum atomic E-state index is -3.74. The number of nitrogens with zero attached hydrogens (tertiary/aromatic N) is 1. The Morgan fingerprint density at radius 2 is 1.89 bits per heavy atom. The predicted octanol–water partition coefficient (Wildman–Crippen LogP) is 2.51. The predicted molar refractivity (Wildman–Crippen MR) is 112 cm³/mol. The Morgan fingerprint density at radius 1 is 1.26 bits per heavy atom. The molecule has 0 aromatic heterocycles. The van der Waals surface area contributed by atoms with E-state index in [1.807, 2.05) is 0 Å². The van der Waals surface area contributed by atoms with Gasteiger partial charge in [-0.1, -0.05) is 20.8 Å². The Balaban J connectivity index is 3.06. The van der Waals surface area contributed by atoms with Crippen LogP contribution in [-0.4, -0.2) is 57.9 Å². The van der Waals surface area contributed by atoms with Gasteiger partial charge in [0, 0.05) is 23.1 Å². The van der Waals surface area contributed by atoms with Crippen molar-refractivity contribution in [2.24, 2.45) is 0 Å². The van der Waals surface area contributed by atoms with E-state index in [2.05, 4.69) is 26.1 Å². The molecule has 1 N–H and O–H groups in total. The van der Waals surface area contributed by atoms with Gasteiger partial charge in [-0.05, 0) is 19.1 Å². The summed E-state index contributed by atoms with van der Waals surface area (Å²) in [6.07, 6.45) is 1.06. The van der Waals surface area contributed by atoms with E-state index in [0.717, 1.165) is 16.3 Å². The molecular weight excluding hydrogens is 388 g/mol. The quantitative estimate of drug-likeness (QED) is 0.620. The molecule has 0 saturated heterocycles. The van der Waals surface area contributed by atoms with Crippen molar-refractivity contribution in [3.63, 3.8) is 0 Å². The molecule has 0 radical (unpaired) electrons. The second-order valence-electron chi connectivity index (χ2n) is 7.02. The maximum absolute atomic E-state index is 12.6. The number of anilines is 1. The zero-order chi connectivity index (χ0) is 20.8. The molecule has 0 unspecified atom stereocenters. The number of hydrogen-bond acceptors (Lipinski definition) is 6. The van der Waals surface area contributed by atoms with Crippen molar-refractivity contribution in [3.05, 3.63) is 18.2 Å². The third kappa shape index (κ3) is 7.14. The van der Waals surface area contributed by atoms with Crippen LogP contribution in [0.2, 0.25) is 0 Å². The first kappa shape index (κ1) is 23.4. The van der Waals surface area contributed by atoms with Crippen LogP contribution in [0.4, 0.5) is 5.69 Å². The molecule has 1 atom stereocenters. The van der Waals surface area contributed by atoms with E-state index in [1.54, 1.807) is 36.9 Å². The lowest BCUT2D eigenvalue weighted by atomic mass is 10.2. The first-order valence-corrected chi connectivity index (χ1v) is 11.4. The molecule has 1 aromatic carbocycles. The van der Waals surface area contributed by atoms with Crippen molar-refractivity contribution < 1.29 is 22.7 Å². The summed E-state index contributed by atoms with van der Waals surface area (Å²) in [7, 11) is -0.812. The molecule has 1 amide bonds. The summed E-state index contributed by atoms with van der Waals surface area (Å²) in [4.78, 5) is 12.6. The van der Waals surface area contributed by atoms with Gasteiger partial charge in [0.15, 0.2) is 0 Å². The molecule has 9 heteroatoms. The van der Waals surface area contributed by atoms with Gasteiger partial charge in [0.2, 0.25) is 15.9 Å². The van der Waals surface area contributed by atoms with Crippen LogP contribution in [0.5, 0.6) is 11.5 Å². The summed E-state index contributed by atoms with van der Waals surface area (Å²) >= 11 is 1.73. The van der Waals surface area contributed by atoms with Crippen LogP contribution in [0.25, 0.3) is 0 Å². The molecule has 0 aliphatic carbocycles. The standard InChI is InChI=1S/C18H30N2O5S2/c1-13(17(21)19-10-11-26-18(2,3)4)20(27(7,22)23)15-12-14(24-5)8-9-16(15)25-6/h8-9,12-13H,10-11H2,1-7H3,(H,19,21)/t13-/m1/s1. The summed E-state index contributed by atoms with van der Waals surface area (Å²) in [6, 6.07) is 3.87. The highest BCUT2D eigenvalue weighted by Crippen LogP contribution is 2.35. The first-order valence-electron chi connectivity index (χ1n) is 8.54. The van der Waals surface area contributed by atoms with Crippen molar-refractivity contribution in [2.75, 3.05) is 37.1 Å². The van der Waals surface area contributed by atoms with E-state index in [1.165, 1.54) is 14.2 Å². The van der Waals surface area contributed by atoms with E-state index in [4.69, 9.17) is 9.47 Å². The molecule has 0 aliphatic rings. The lowest BCUT2D eigenvalue weighted by Gasteiger charge is -2.29. The number of methoxy groups -OCH3 is 2. The van der Waals surface area contributed by atoms with E-state index in [9.17, 15) is 13.2 Å². The highest BCUT2D eigenvalue weighted by Gasteiger charge is 2.31. The Bertz CT molecular complexity index is 745. The zero-order valence-electron chi connectivity index (χ0n) is 17.0. The topological polar surface area (TPSA) is 84.9 Å². The van der Waals surface area contributed by atoms with Gasteiger partial charge in [-0.3, -0.25) is 9.10 Å². The fourth-order valence-corrected chi connectivity index (χ4v) is 4.42. The molecule has 0 bridgehead atoms. The number of hydrogen-bond donors (Lipinski definition) is 1. The van der Waals surface area contributed by atoms with Crippen LogP contribution < -0.4 is 19.1 Å². The number of amides is 1. The molecule has 1 rings (SSSR count). The Morgan fingerprint density at radius 3 is 2.37 bits per heavy atom. The molecule has 0 fully saturated rings. The highest BCUT2D eigenvalue weighted by atomic mass is 32.2. The number of carbonyl (C=O) groups excluding carboxylic acids is 1. The van der Waals surface area contributed by atoms with Crippen molar-refractivity contribution in [2.45, 2.75) is 38.5 Å². The maximum atomic E-state index is 12.6. The summed E-state index contributed by atoms with van der Waals surface area (Å²) in [6.45, 7) is 8.30. The molecule has 0 aliphatic heterocycles. The van der Waals surface area contributed by atoms with Gasteiger partial charge in [-0.15, -0.1) is 0 Å². The highest BCUT2D eigenvalue weighted by molar-refractivity contribution is 8.00. The van der Waals surface area contributed by atoms with Gasteiger partial charge in [0.25, 0.3) is 0 Å². The summed E-state index contributed by atoms with van der Waals surface area (Å²) in [5.74, 6) is 1.17. The maximum Gasteiger partial charge on any atom is 0.243 e. The third-order valence-electron chi connectivity index (χ3n) is 3.65. The molecule has 7 nitrogen and oxygen atoms in total. The largest absolute Gasteiger partial charge is 0.497 e. The van der Waals surface area contributed by atoms with Crippen LogP contribution in [0.1, 0.15) is 27.7 Å². The van der Waals surface area contributed by atoms with Gasteiger partial charge in [0.05, 0.1) is 26.2 Å². The van der Waals surface area contributed by atoms with Crippen molar-refractivity contribution >= 4 is 33.4 Å². The monoisotopic (exact) mass is 418 g/mol. The number of nitrogens with one attached hydrogen (secondary N) is 1. The van der Waals surface area contributed by atoms with Crippen molar-refractivity contribution in [1.82, 2.24) is 5.32 Å². The third-order valence-corrected chi connectivity index (χ3v) is 6.15.